The maximum absolute atomic E-state index is 14.8. The van der Waals surface area contributed by atoms with Gasteiger partial charge in [-0.3, -0.25) is 14.4 Å². The van der Waals surface area contributed by atoms with Crippen LogP contribution in [0.3, 0.4) is 0 Å². The molecule has 3 aromatic rings. The summed E-state index contributed by atoms with van der Waals surface area (Å²) in [7, 11) is 0. The third kappa shape index (κ3) is 5.22. The number of benzene rings is 2. The van der Waals surface area contributed by atoms with Crippen LogP contribution < -0.4 is 9.64 Å². The number of hydrogen-bond donors (Lipinski definition) is 1. The standard InChI is InChI=1S/C35H40N6O5S/c1-4-46-25-14-12-23(13-15-25)39-18-7-11-28-29(32(39)43)30-33(44)41(24(20-42)19-22(2)3)31-34(45)38(17-8-16-35(30,31)47-28)21-40-27-10-6-5-9-26(27)36-37-40/h5-16,22,24,28-31,42H,4,17-21H2,1-3H3/t24-,28-,29+,30+,31?,35+/m1/s1. The molecular weight excluding hydrogens is 616 g/mol. The molecule has 3 amide bonds. The van der Waals surface area contributed by atoms with Crippen LogP contribution in [-0.4, -0.2) is 96.0 Å². The van der Waals surface area contributed by atoms with Crippen molar-refractivity contribution < 1.29 is 24.2 Å². The molecule has 1 N–H and O–H groups in total. The van der Waals surface area contributed by atoms with Gasteiger partial charge in [-0.05, 0) is 55.7 Å². The van der Waals surface area contributed by atoms with Crippen LogP contribution in [0.5, 0.6) is 5.75 Å². The minimum Gasteiger partial charge on any atom is -0.494 e. The highest BCUT2D eigenvalue weighted by atomic mass is 32.2. The van der Waals surface area contributed by atoms with Crippen molar-refractivity contribution in [3.05, 3.63) is 72.8 Å². The molecule has 5 heterocycles. The first-order valence-electron chi connectivity index (χ1n) is 16.3. The first kappa shape index (κ1) is 31.4. The minimum absolute atomic E-state index is 0.145. The average molecular weight is 657 g/mol. The third-order valence-corrected chi connectivity index (χ3v) is 11.5. The van der Waals surface area contributed by atoms with Gasteiger partial charge in [0.25, 0.3) is 0 Å². The predicted octanol–water partition coefficient (Wildman–Crippen LogP) is 3.49. The van der Waals surface area contributed by atoms with E-state index in [1.807, 2.05) is 93.6 Å². The lowest BCUT2D eigenvalue weighted by Gasteiger charge is -2.39. The van der Waals surface area contributed by atoms with Gasteiger partial charge in [0.1, 0.15) is 24.0 Å². The van der Waals surface area contributed by atoms with E-state index in [1.54, 1.807) is 19.4 Å². The van der Waals surface area contributed by atoms with Gasteiger partial charge in [0.2, 0.25) is 17.7 Å². The summed E-state index contributed by atoms with van der Waals surface area (Å²) in [4.78, 5) is 49.3. The first-order valence-corrected chi connectivity index (χ1v) is 17.2. The molecule has 1 spiro atoms. The molecule has 11 nitrogen and oxygen atoms in total. The summed E-state index contributed by atoms with van der Waals surface area (Å²) in [6, 6.07) is 13.5. The predicted molar refractivity (Wildman–Crippen MR) is 180 cm³/mol. The van der Waals surface area contributed by atoms with Crippen LogP contribution in [0.15, 0.2) is 72.8 Å². The van der Waals surface area contributed by atoms with Crippen molar-refractivity contribution in [2.75, 3.05) is 31.2 Å². The quantitative estimate of drug-likeness (QED) is 0.348. The van der Waals surface area contributed by atoms with Crippen molar-refractivity contribution >= 4 is 46.2 Å². The summed E-state index contributed by atoms with van der Waals surface area (Å²) >= 11 is 1.54. The number of amides is 3. The largest absolute Gasteiger partial charge is 0.494 e. The molecule has 2 fully saturated rings. The van der Waals surface area contributed by atoms with Gasteiger partial charge in [0.15, 0.2) is 0 Å². The molecular formula is C35H40N6O5S. The van der Waals surface area contributed by atoms with E-state index in [4.69, 9.17) is 4.74 Å². The van der Waals surface area contributed by atoms with E-state index in [1.165, 1.54) is 11.8 Å². The maximum atomic E-state index is 14.8. The second-order valence-corrected chi connectivity index (χ2v) is 14.5. The molecule has 0 bridgehead atoms. The third-order valence-electron chi connectivity index (χ3n) is 9.71. The Morgan fingerprint density at radius 3 is 2.55 bits per heavy atom. The number of aliphatic hydroxyl groups is 1. The van der Waals surface area contributed by atoms with Gasteiger partial charge in [-0.15, -0.1) is 16.9 Å². The Kier molecular flexibility index (Phi) is 8.33. The van der Waals surface area contributed by atoms with Crippen molar-refractivity contribution in [1.29, 1.82) is 0 Å². The molecule has 0 radical (unpaired) electrons. The second kappa shape index (κ2) is 12.5. The zero-order valence-electron chi connectivity index (χ0n) is 26.8. The van der Waals surface area contributed by atoms with Crippen LogP contribution in [-0.2, 0) is 21.1 Å². The summed E-state index contributed by atoms with van der Waals surface area (Å²) in [6.45, 7) is 7.10. The van der Waals surface area contributed by atoms with Crippen LogP contribution in [0.2, 0.25) is 0 Å². The topological polar surface area (TPSA) is 121 Å². The molecule has 47 heavy (non-hydrogen) atoms. The molecule has 4 aliphatic heterocycles. The Bertz CT molecular complexity index is 1740. The zero-order chi connectivity index (χ0) is 32.9. The smallest absolute Gasteiger partial charge is 0.248 e. The number of ether oxygens (including phenoxy) is 1. The summed E-state index contributed by atoms with van der Waals surface area (Å²) < 4.78 is 6.32. The Hall–Kier alpha value is -4.16. The number of nitrogens with zero attached hydrogens (tertiary/aromatic N) is 6. The van der Waals surface area contributed by atoms with Gasteiger partial charge in [-0.2, -0.15) is 0 Å². The fourth-order valence-corrected chi connectivity index (χ4v) is 9.76. The highest BCUT2D eigenvalue weighted by Crippen LogP contribution is 2.61. The van der Waals surface area contributed by atoms with Crippen LogP contribution in [0.4, 0.5) is 5.69 Å². The van der Waals surface area contributed by atoms with E-state index in [-0.39, 0.29) is 42.2 Å². The molecule has 246 valence electrons. The number of para-hydroxylation sites is 1. The lowest BCUT2D eigenvalue weighted by atomic mass is 9.78. The second-order valence-electron chi connectivity index (χ2n) is 13.0. The van der Waals surface area contributed by atoms with E-state index in [0.717, 1.165) is 22.5 Å². The number of carbonyl (C=O) groups excluding carboxylic acids is 3. The summed E-state index contributed by atoms with van der Waals surface area (Å²) in [6.07, 6.45) is 8.50. The van der Waals surface area contributed by atoms with Gasteiger partial charge in [-0.25, -0.2) is 4.68 Å². The maximum Gasteiger partial charge on any atom is 0.248 e. The van der Waals surface area contributed by atoms with Crippen LogP contribution in [0.25, 0.3) is 11.0 Å². The normalized spacial score (nSPS) is 27.7. The number of likely N-dealkylation sites (tertiary alicyclic amines) is 1. The molecule has 7 rings (SSSR count). The number of rotatable bonds is 9. The van der Waals surface area contributed by atoms with E-state index in [2.05, 4.69) is 10.3 Å². The molecule has 4 aliphatic rings. The number of aromatic nitrogens is 3. The number of fused-ring (bicyclic) bond motifs is 3. The van der Waals surface area contributed by atoms with Crippen molar-refractivity contribution in [2.45, 2.75) is 55.9 Å². The van der Waals surface area contributed by atoms with Crippen LogP contribution in [0, 0.1) is 17.8 Å². The highest BCUT2D eigenvalue weighted by Gasteiger charge is 2.71. The molecule has 12 heteroatoms. The molecule has 0 aliphatic carbocycles. The average Bonchev–Trinajstić information content (AvgIpc) is 3.62. The lowest BCUT2D eigenvalue weighted by molar-refractivity contribution is -0.146. The van der Waals surface area contributed by atoms with Crippen molar-refractivity contribution in [2.24, 2.45) is 17.8 Å². The monoisotopic (exact) mass is 656 g/mol. The fraction of sp³-hybridized carbons (Fsp3) is 0.457. The van der Waals surface area contributed by atoms with Gasteiger partial charge < -0.3 is 24.5 Å². The molecule has 2 saturated heterocycles. The first-order chi connectivity index (χ1) is 22.8. The summed E-state index contributed by atoms with van der Waals surface area (Å²) in [5.74, 6) is -1.20. The molecule has 1 unspecified atom stereocenters. The summed E-state index contributed by atoms with van der Waals surface area (Å²) in [5, 5.41) is 19.0. The van der Waals surface area contributed by atoms with E-state index < -0.39 is 28.7 Å². The number of carbonyl (C=O) groups is 3. The van der Waals surface area contributed by atoms with Crippen LogP contribution >= 0.6 is 11.8 Å². The number of hydrogen-bond acceptors (Lipinski definition) is 8. The molecule has 6 atom stereocenters. The molecule has 0 saturated carbocycles. The summed E-state index contributed by atoms with van der Waals surface area (Å²) in [5.41, 5.74) is 2.25. The fourth-order valence-electron chi connectivity index (χ4n) is 7.77. The number of thioether (sulfide) groups is 1. The van der Waals surface area contributed by atoms with Crippen molar-refractivity contribution in [3.8, 4) is 5.75 Å². The Labute approximate surface area is 278 Å². The number of aliphatic hydroxyl groups excluding tert-OH is 1. The number of anilines is 1. The Morgan fingerprint density at radius 2 is 1.81 bits per heavy atom. The van der Waals surface area contributed by atoms with E-state index >= 15 is 0 Å². The Morgan fingerprint density at radius 1 is 1.02 bits per heavy atom. The van der Waals surface area contributed by atoms with E-state index in [0.29, 0.717) is 26.1 Å². The van der Waals surface area contributed by atoms with Gasteiger partial charge in [0, 0.05) is 24.0 Å². The zero-order valence-corrected chi connectivity index (χ0v) is 27.6. The van der Waals surface area contributed by atoms with Gasteiger partial charge in [-0.1, -0.05) is 55.5 Å². The minimum atomic E-state index is -0.991. The SMILES string of the molecule is CCOc1ccc(N2CC=C[C@H]3S[C@]45C=CCN(Cn6nnc7ccccc76)C(=O)C4N([C@@H](CO)CC(C)C)C(=O)[C@@H]5[C@H]3C2=O)cc1. The van der Waals surface area contributed by atoms with Gasteiger partial charge in [0.05, 0.1) is 41.4 Å². The molecule has 2 aromatic carbocycles. The Balaban J connectivity index is 1.28. The molecule has 1 aromatic heterocycles. The van der Waals surface area contributed by atoms with E-state index in [9.17, 15) is 19.5 Å². The van der Waals surface area contributed by atoms with Gasteiger partial charge >= 0.3 is 0 Å². The van der Waals surface area contributed by atoms with Crippen molar-refractivity contribution in [3.63, 3.8) is 0 Å². The van der Waals surface area contributed by atoms with Crippen molar-refractivity contribution in [1.82, 2.24) is 24.8 Å². The van der Waals surface area contributed by atoms with Crippen LogP contribution in [0.1, 0.15) is 27.2 Å². The highest BCUT2D eigenvalue weighted by molar-refractivity contribution is 8.02. The lowest BCUT2D eigenvalue weighted by Crippen LogP contribution is -2.56.